The van der Waals surface area contributed by atoms with Gasteiger partial charge in [0.25, 0.3) is 0 Å². The molecule has 2 unspecified atom stereocenters. The molecule has 0 aromatic rings. The van der Waals surface area contributed by atoms with Crippen molar-refractivity contribution in [3.63, 3.8) is 0 Å². The van der Waals surface area contributed by atoms with Crippen LogP contribution in [0.3, 0.4) is 0 Å². The van der Waals surface area contributed by atoms with Crippen LogP contribution in [0.25, 0.3) is 0 Å². The topological polar surface area (TPSA) is 41.1 Å². The summed E-state index contributed by atoms with van der Waals surface area (Å²) in [5.41, 5.74) is 0. The Balaban J connectivity index is 2.14. The zero-order valence-corrected chi connectivity index (χ0v) is 11.0. The van der Waals surface area contributed by atoms with Gasteiger partial charge in [0.05, 0.1) is 0 Å². The lowest BCUT2D eigenvalue weighted by molar-refractivity contribution is -0.124. The van der Waals surface area contributed by atoms with Crippen LogP contribution in [-0.2, 0) is 4.79 Å². The molecule has 88 valence electrons. The van der Waals surface area contributed by atoms with Gasteiger partial charge in [0.1, 0.15) is 0 Å². The van der Waals surface area contributed by atoms with Crippen LogP contribution in [0.5, 0.6) is 0 Å². The van der Waals surface area contributed by atoms with E-state index in [2.05, 4.69) is 10.6 Å². The van der Waals surface area contributed by atoms with Gasteiger partial charge in [-0.2, -0.15) is 23.5 Å². The largest absolute Gasteiger partial charge is 0.355 e. The Morgan fingerprint density at radius 1 is 1.53 bits per heavy atom. The average Bonchev–Trinajstić information content (AvgIpc) is 2.27. The van der Waals surface area contributed by atoms with Gasteiger partial charge < -0.3 is 10.6 Å². The van der Waals surface area contributed by atoms with E-state index in [1.165, 1.54) is 17.3 Å². The van der Waals surface area contributed by atoms with Crippen LogP contribution in [0.15, 0.2) is 0 Å². The van der Waals surface area contributed by atoms with Crippen molar-refractivity contribution in [2.24, 2.45) is 5.92 Å². The predicted molar refractivity (Wildman–Crippen MR) is 69.7 cm³/mol. The molecule has 1 fully saturated rings. The summed E-state index contributed by atoms with van der Waals surface area (Å²) in [4.78, 5) is 11.6. The highest BCUT2D eigenvalue weighted by Crippen LogP contribution is 2.23. The number of rotatable bonds is 5. The van der Waals surface area contributed by atoms with Crippen molar-refractivity contribution in [2.75, 3.05) is 37.4 Å². The summed E-state index contributed by atoms with van der Waals surface area (Å²) in [5.74, 6) is 3.88. The number of nitrogens with one attached hydrogen (secondary N) is 2. The molecule has 5 heteroatoms. The quantitative estimate of drug-likeness (QED) is 0.755. The molecule has 0 bridgehead atoms. The van der Waals surface area contributed by atoms with Gasteiger partial charge in [0, 0.05) is 41.5 Å². The second-order valence-electron chi connectivity index (χ2n) is 3.77. The van der Waals surface area contributed by atoms with E-state index >= 15 is 0 Å². The van der Waals surface area contributed by atoms with Gasteiger partial charge in [0.2, 0.25) is 5.91 Å². The van der Waals surface area contributed by atoms with Crippen molar-refractivity contribution >= 4 is 29.4 Å². The number of carbonyl (C=O) groups is 1. The molecule has 1 aliphatic heterocycles. The van der Waals surface area contributed by atoms with Crippen LogP contribution in [0, 0.1) is 5.92 Å². The molecule has 0 saturated carbocycles. The molecule has 0 radical (unpaired) electrons. The Bertz CT molecular complexity index is 196. The third kappa shape index (κ3) is 5.13. The maximum absolute atomic E-state index is 11.6. The lowest BCUT2D eigenvalue weighted by atomic mass is 10.1. The van der Waals surface area contributed by atoms with Gasteiger partial charge in [-0.15, -0.1) is 0 Å². The summed E-state index contributed by atoms with van der Waals surface area (Å²) in [6, 6.07) is 0. The molecule has 0 aromatic heterocycles. The Morgan fingerprint density at radius 2 is 2.33 bits per heavy atom. The first-order valence-electron chi connectivity index (χ1n) is 5.35. The van der Waals surface area contributed by atoms with Gasteiger partial charge >= 0.3 is 0 Å². The van der Waals surface area contributed by atoms with Crippen molar-refractivity contribution in [2.45, 2.75) is 12.2 Å². The fourth-order valence-electron chi connectivity index (χ4n) is 1.44. The molecule has 15 heavy (non-hydrogen) atoms. The normalized spacial score (nSPS) is 23.5. The highest BCUT2D eigenvalue weighted by Gasteiger charge is 2.17. The molecular formula is C10H20N2OS2. The maximum Gasteiger partial charge on any atom is 0.224 e. The minimum Gasteiger partial charge on any atom is -0.355 e. The lowest BCUT2D eigenvalue weighted by Crippen LogP contribution is -2.39. The predicted octanol–water partition coefficient (Wildman–Crippen LogP) is 0.807. The van der Waals surface area contributed by atoms with E-state index in [4.69, 9.17) is 0 Å². The van der Waals surface area contributed by atoms with Crippen molar-refractivity contribution < 1.29 is 4.79 Å². The van der Waals surface area contributed by atoms with Gasteiger partial charge in [-0.25, -0.2) is 0 Å². The molecular weight excluding hydrogens is 228 g/mol. The first-order valence-corrected chi connectivity index (χ1v) is 7.56. The zero-order chi connectivity index (χ0) is 11.1. The van der Waals surface area contributed by atoms with E-state index in [0.29, 0.717) is 5.25 Å². The molecule has 1 rings (SSSR count). The average molecular weight is 248 g/mol. The van der Waals surface area contributed by atoms with E-state index in [9.17, 15) is 4.79 Å². The van der Waals surface area contributed by atoms with Crippen LogP contribution in [-0.4, -0.2) is 48.6 Å². The summed E-state index contributed by atoms with van der Waals surface area (Å²) in [7, 11) is 1.87. The van der Waals surface area contributed by atoms with E-state index in [1.807, 2.05) is 37.5 Å². The van der Waals surface area contributed by atoms with E-state index in [0.717, 1.165) is 13.1 Å². The van der Waals surface area contributed by atoms with Crippen molar-refractivity contribution in [3.05, 3.63) is 0 Å². The number of thioether (sulfide) groups is 2. The lowest BCUT2D eigenvalue weighted by Gasteiger charge is -2.22. The smallest absolute Gasteiger partial charge is 0.224 e. The zero-order valence-electron chi connectivity index (χ0n) is 9.41. The maximum atomic E-state index is 11.6. The van der Waals surface area contributed by atoms with Crippen LogP contribution >= 0.6 is 23.5 Å². The minimum atomic E-state index is 0.0660. The number of amides is 1. The van der Waals surface area contributed by atoms with E-state index in [-0.39, 0.29) is 11.8 Å². The molecule has 0 aromatic carbocycles. The fourth-order valence-corrected chi connectivity index (χ4v) is 4.05. The second kappa shape index (κ2) is 7.41. The molecule has 0 spiro atoms. The summed E-state index contributed by atoms with van der Waals surface area (Å²) in [5, 5.41) is 6.65. The second-order valence-corrected chi connectivity index (χ2v) is 6.33. The minimum absolute atomic E-state index is 0.0660. The summed E-state index contributed by atoms with van der Waals surface area (Å²) < 4.78 is 0. The first kappa shape index (κ1) is 13.2. The highest BCUT2D eigenvalue weighted by molar-refractivity contribution is 8.06. The van der Waals surface area contributed by atoms with Gasteiger partial charge in [-0.05, 0) is 7.05 Å². The van der Waals surface area contributed by atoms with Gasteiger partial charge in [-0.1, -0.05) is 6.92 Å². The number of hydrogen-bond acceptors (Lipinski definition) is 4. The standard InChI is InChI=1S/C10H20N2OS2/c1-8(5-11-2)10(13)12-6-9-7-14-3-4-15-9/h8-9,11H,3-7H2,1-2H3,(H,12,13). The van der Waals surface area contributed by atoms with Crippen molar-refractivity contribution in [1.82, 2.24) is 10.6 Å². The van der Waals surface area contributed by atoms with E-state index < -0.39 is 0 Å². The first-order chi connectivity index (χ1) is 7.24. The Morgan fingerprint density at radius 3 is 2.93 bits per heavy atom. The molecule has 2 atom stereocenters. The molecule has 1 heterocycles. The molecule has 2 N–H and O–H groups in total. The molecule has 3 nitrogen and oxygen atoms in total. The Labute approximate surface area is 101 Å². The van der Waals surface area contributed by atoms with Gasteiger partial charge in [-0.3, -0.25) is 4.79 Å². The molecule has 1 saturated heterocycles. The third-order valence-corrected chi connectivity index (χ3v) is 5.19. The Hall–Kier alpha value is 0.130. The van der Waals surface area contributed by atoms with Crippen molar-refractivity contribution in [3.8, 4) is 0 Å². The fraction of sp³-hybridized carbons (Fsp3) is 0.900. The highest BCUT2D eigenvalue weighted by atomic mass is 32.2. The van der Waals surface area contributed by atoms with Crippen LogP contribution in [0.4, 0.5) is 0 Å². The third-order valence-electron chi connectivity index (χ3n) is 2.35. The SMILES string of the molecule is CNCC(C)C(=O)NCC1CSCCS1. The molecule has 1 amide bonds. The Kier molecular flexibility index (Phi) is 6.52. The molecule has 0 aliphatic carbocycles. The summed E-state index contributed by atoms with van der Waals surface area (Å²) in [6.45, 7) is 3.53. The van der Waals surface area contributed by atoms with Crippen LogP contribution in [0.2, 0.25) is 0 Å². The monoisotopic (exact) mass is 248 g/mol. The summed E-state index contributed by atoms with van der Waals surface area (Å²) >= 11 is 3.97. The van der Waals surface area contributed by atoms with E-state index in [1.54, 1.807) is 0 Å². The van der Waals surface area contributed by atoms with Crippen LogP contribution in [0.1, 0.15) is 6.92 Å². The van der Waals surface area contributed by atoms with Crippen molar-refractivity contribution in [1.29, 1.82) is 0 Å². The van der Waals surface area contributed by atoms with Gasteiger partial charge in [0.15, 0.2) is 0 Å². The number of hydrogen-bond donors (Lipinski definition) is 2. The summed E-state index contributed by atoms with van der Waals surface area (Å²) in [6.07, 6.45) is 0. The molecule has 1 aliphatic rings. The van der Waals surface area contributed by atoms with Crippen LogP contribution < -0.4 is 10.6 Å². The number of carbonyl (C=O) groups excluding carboxylic acids is 1.